The Balaban J connectivity index is 0.000000982. The van der Waals surface area contributed by atoms with Crippen molar-refractivity contribution in [2.45, 2.75) is 20.3 Å². The SMILES string of the molecule is CCOC(=O)/C(=C/Nc1ccccc1)CC.O=C=O. The van der Waals surface area contributed by atoms with Crippen molar-refractivity contribution in [2.75, 3.05) is 11.9 Å². The molecule has 102 valence electrons. The molecule has 0 aliphatic rings. The Kier molecular flexibility index (Phi) is 9.39. The quantitative estimate of drug-likeness (QED) is 0.652. The Labute approximate surface area is 112 Å². The second-order valence-corrected chi connectivity index (χ2v) is 3.34. The van der Waals surface area contributed by atoms with Crippen molar-refractivity contribution in [3.05, 3.63) is 42.1 Å². The molecule has 0 atom stereocenters. The van der Waals surface area contributed by atoms with Crippen LogP contribution in [0, 0.1) is 0 Å². The lowest BCUT2D eigenvalue weighted by Crippen LogP contribution is -2.08. The predicted molar refractivity (Wildman–Crippen MR) is 70.1 cm³/mol. The lowest BCUT2D eigenvalue weighted by molar-refractivity contribution is -0.191. The average molecular weight is 263 g/mol. The van der Waals surface area contributed by atoms with Crippen LogP contribution in [0.15, 0.2) is 42.1 Å². The molecule has 0 unspecified atom stereocenters. The van der Waals surface area contributed by atoms with Crippen molar-refractivity contribution < 1.29 is 19.1 Å². The summed E-state index contributed by atoms with van der Waals surface area (Å²) in [4.78, 5) is 27.7. The van der Waals surface area contributed by atoms with Crippen LogP contribution in [-0.2, 0) is 19.1 Å². The van der Waals surface area contributed by atoms with Crippen molar-refractivity contribution in [3.8, 4) is 0 Å². The van der Waals surface area contributed by atoms with Crippen LogP contribution in [0.4, 0.5) is 5.69 Å². The fourth-order valence-electron chi connectivity index (χ4n) is 1.23. The van der Waals surface area contributed by atoms with Crippen LogP contribution in [0.5, 0.6) is 0 Å². The maximum absolute atomic E-state index is 11.5. The second-order valence-electron chi connectivity index (χ2n) is 3.34. The normalized spacial score (nSPS) is 9.68. The summed E-state index contributed by atoms with van der Waals surface area (Å²) in [6.45, 7) is 4.13. The highest BCUT2D eigenvalue weighted by atomic mass is 16.5. The minimum atomic E-state index is -0.256. The molecule has 5 nitrogen and oxygen atoms in total. The van der Waals surface area contributed by atoms with Crippen LogP contribution >= 0.6 is 0 Å². The molecule has 0 aromatic heterocycles. The number of anilines is 1. The number of esters is 1. The number of carbonyl (C=O) groups is 1. The zero-order valence-electron chi connectivity index (χ0n) is 11.0. The summed E-state index contributed by atoms with van der Waals surface area (Å²) in [6.07, 6.45) is 2.60. The molecule has 0 saturated carbocycles. The molecule has 0 amide bonds. The molecule has 0 fully saturated rings. The van der Waals surface area contributed by atoms with Crippen LogP contribution in [-0.4, -0.2) is 18.7 Å². The average Bonchev–Trinajstić information content (AvgIpc) is 2.42. The van der Waals surface area contributed by atoms with E-state index in [0.717, 1.165) is 5.69 Å². The maximum Gasteiger partial charge on any atom is 0.373 e. The van der Waals surface area contributed by atoms with Gasteiger partial charge in [-0.05, 0) is 25.5 Å². The first kappa shape index (κ1) is 16.6. The zero-order chi connectivity index (χ0) is 14.5. The van der Waals surface area contributed by atoms with Crippen LogP contribution < -0.4 is 5.32 Å². The van der Waals surface area contributed by atoms with Gasteiger partial charge in [-0.15, -0.1) is 0 Å². The van der Waals surface area contributed by atoms with Gasteiger partial charge in [-0.3, -0.25) is 0 Å². The summed E-state index contributed by atoms with van der Waals surface area (Å²) >= 11 is 0. The van der Waals surface area contributed by atoms with Gasteiger partial charge in [-0.1, -0.05) is 25.1 Å². The largest absolute Gasteiger partial charge is 0.463 e. The molecule has 0 aliphatic heterocycles. The van der Waals surface area contributed by atoms with Crippen LogP contribution in [0.1, 0.15) is 20.3 Å². The molecular formula is C14H17NO4. The van der Waals surface area contributed by atoms with E-state index in [-0.39, 0.29) is 12.1 Å². The van der Waals surface area contributed by atoms with Gasteiger partial charge in [-0.25, -0.2) is 4.79 Å². The van der Waals surface area contributed by atoms with Crippen molar-refractivity contribution >= 4 is 17.8 Å². The van der Waals surface area contributed by atoms with E-state index in [9.17, 15) is 4.79 Å². The third-order valence-corrected chi connectivity index (χ3v) is 2.11. The number of rotatable bonds is 5. The van der Waals surface area contributed by atoms with Gasteiger partial charge in [0.1, 0.15) is 0 Å². The molecule has 1 aromatic carbocycles. The standard InChI is InChI=1S/C13H17NO2.CO2/c1-3-11(13(15)16-4-2)10-14-12-8-6-5-7-9-12;2-1-3/h5-10,14H,3-4H2,1-2H3;/b11-10+;. The lowest BCUT2D eigenvalue weighted by atomic mass is 10.2. The van der Waals surface area contributed by atoms with Gasteiger partial charge in [0.25, 0.3) is 0 Å². The van der Waals surface area contributed by atoms with Crippen molar-refractivity contribution in [2.24, 2.45) is 0 Å². The molecule has 0 aliphatic carbocycles. The smallest absolute Gasteiger partial charge is 0.373 e. The van der Waals surface area contributed by atoms with E-state index in [1.165, 1.54) is 0 Å². The van der Waals surface area contributed by atoms with Gasteiger partial charge >= 0.3 is 12.1 Å². The van der Waals surface area contributed by atoms with Gasteiger partial charge in [0.05, 0.1) is 12.2 Å². The van der Waals surface area contributed by atoms with E-state index in [2.05, 4.69) is 5.32 Å². The summed E-state index contributed by atoms with van der Waals surface area (Å²) in [7, 11) is 0. The summed E-state index contributed by atoms with van der Waals surface area (Å²) in [5.74, 6) is -0.256. The fraction of sp³-hybridized carbons (Fsp3) is 0.286. The molecule has 0 bridgehead atoms. The Morgan fingerprint density at radius 2 is 1.84 bits per heavy atom. The van der Waals surface area contributed by atoms with Crippen molar-refractivity contribution in [1.29, 1.82) is 0 Å². The Hall–Kier alpha value is -2.39. The van der Waals surface area contributed by atoms with Crippen LogP contribution in [0.3, 0.4) is 0 Å². The summed E-state index contributed by atoms with van der Waals surface area (Å²) in [5, 5.41) is 3.07. The second kappa shape index (κ2) is 10.7. The summed E-state index contributed by atoms with van der Waals surface area (Å²) in [6, 6.07) is 9.70. The third kappa shape index (κ3) is 7.52. The molecule has 0 heterocycles. The number of ether oxygens (including phenoxy) is 1. The topological polar surface area (TPSA) is 72.5 Å². The Morgan fingerprint density at radius 3 is 2.32 bits per heavy atom. The highest BCUT2D eigenvalue weighted by molar-refractivity contribution is 5.88. The minimum absolute atomic E-state index is 0.250. The monoisotopic (exact) mass is 263 g/mol. The number of benzene rings is 1. The van der Waals surface area contributed by atoms with E-state index < -0.39 is 0 Å². The van der Waals surface area contributed by atoms with Crippen molar-refractivity contribution in [1.82, 2.24) is 0 Å². The number of nitrogens with one attached hydrogen (secondary N) is 1. The number of carbonyl (C=O) groups excluding carboxylic acids is 3. The van der Waals surface area contributed by atoms with Gasteiger partial charge in [0.15, 0.2) is 0 Å². The molecule has 1 rings (SSSR count). The van der Waals surface area contributed by atoms with Gasteiger partial charge in [0.2, 0.25) is 0 Å². The molecule has 19 heavy (non-hydrogen) atoms. The number of hydrogen-bond donors (Lipinski definition) is 1. The van der Waals surface area contributed by atoms with E-state index >= 15 is 0 Å². The van der Waals surface area contributed by atoms with Crippen molar-refractivity contribution in [3.63, 3.8) is 0 Å². The highest BCUT2D eigenvalue weighted by Crippen LogP contribution is 2.08. The summed E-state index contributed by atoms with van der Waals surface area (Å²) in [5.41, 5.74) is 1.60. The van der Waals surface area contributed by atoms with Gasteiger partial charge in [0, 0.05) is 11.9 Å². The number of para-hydroxylation sites is 1. The number of hydrogen-bond acceptors (Lipinski definition) is 5. The summed E-state index contributed by atoms with van der Waals surface area (Å²) < 4.78 is 4.94. The Morgan fingerprint density at radius 1 is 1.26 bits per heavy atom. The first-order valence-electron chi connectivity index (χ1n) is 5.86. The maximum atomic E-state index is 11.5. The van der Waals surface area contributed by atoms with Gasteiger partial charge < -0.3 is 10.1 Å². The third-order valence-electron chi connectivity index (χ3n) is 2.11. The minimum Gasteiger partial charge on any atom is -0.463 e. The van der Waals surface area contributed by atoms with E-state index in [1.807, 2.05) is 37.3 Å². The highest BCUT2D eigenvalue weighted by Gasteiger charge is 2.07. The van der Waals surface area contributed by atoms with E-state index in [4.69, 9.17) is 14.3 Å². The van der Waals surface area contributed by atoms with E-state index in [1.54, 1.807) is 13.1 Å². The molecule has 0 saturated heterocycles. The molecule has 1 aromatic rings. The lowest BCUT2D eigenvalue weighted by Gasteiger charge is -2.05. The molecular weight excluding hydrogens is 246 g/mol. The fourth-order valence-corrected chi connectivity index (χ4v) is 1.23. The molecule has 0 radical (unpaired) electrons. The predicted octanol–water partition coefficient (Wildman–Crippen LogP) is 2.37. The van der Waals surface area contributed by atoms with E-state index in [0.29, 0.717) is 18.6 Å². The first-order valence-corrected chi connectivity index (χ1v) is 5.86. The van der Waals surface area contributed by atoms with Crippen LogP contribution in [0.25, 0.3) is 0 Å². The zero-order valence-corrected chi connectivity index (χ0v) is 11.0. The van der Waals surface area contributed by atoms with Crippen LogP contribution in [0.2, 0.25) is 0 Å². The molecule has 0 spiro atoms. The molecule has 1 N–H and O–H groups in total. The first-order chi connectivity index (χ1) is 9.19. The van der Waals surface area contributed by atoms with Gasteiger partial charge in [-0.2, -0.15) is 9.59 Å². The molecule has 5 heteroatoms. The Bertz CT molecular complexity index is 434.